The third kappa shape index (κ3) is 69.8. The molecule has 0 aliphatic carbocycles. The van der Waals surface area contributed by atoms with Crippen LogP contribution in [0.5, 0.6) is 0 Å². The number of nitrogens with two attached hydrogens (primary N) is 2. The molecule has 212 valence electrons. The maximum absolute atomic E-state index is 11.5. The van der Waals surface area contributed by atoms with Gasteiger partial charge in [-0.1, -0.05) is 96.8 Å². The SMILES string of the molecule is CC(=O)O.CC(=O)O.CC(=O)O.CCCCCCCCCCCCCCCCCC(=O)C(N)CN.[H-].[Na+]. The van der Waals surface area contributed by atoms with Gasteiger partial charge in [-0.15, -0.1) is 0 Å². The van der Waals surface area contributed by atoms with Crippen molar-refractivity contribution in [1.82, 2.24) is 0 Å². The van der Waals surface area contributed by atoms with E-state index in [2.05, 4.69) is 6.92 Å². The van der Waals surface area contributed by atoms with Crippen LogP contribution in [0.4, 0.5) is 0 Å². The Bertz CT molecular complexity index is 473. The molecule has 0 radical (unpaired) electrons. The van der Waals surface area contributed by atoms with Crippen LogP contribution in [0.25, 0.3) is 0 Å². The van der Waals surface area contributed by atoms with Crippen molar-refractivity contribution in [2.24, 2.45) is 11.5 Å². The summed E-state index contributed by atoms with van der Waals surface area (Å²) in [4.78, 5) is 38.5. The molecule has 1 unspecified atom stereocenters. The summed E-state index contributed by atoms with van der Waals surface area (Å²) in [6.07, 6.45) is 20.8. The van der Waals surface area contributed by atoms with Crippen LogP contribution in [0.3, 0.4) is 0 Å². The van der Waals surface area contributed by atoms with E-state index >= 15 is 0 Å². The third-order valence-electron chi connectivity index (χ3n) is 4.69. The number of rotatable bonds is 18. The van der Waals surface area contributed by atoms with Gasteiger partial charge in [0, 0.05) is 33.7 Å². The minimum atomic E-state index is -0.833. The molecule has 0 aliphatic heterocycles. The molecule has 0 saturated heterocycles. The molecule has 7 N–H and O–H groups in total. The molecule has 10 heteroatoms. The van der Waals surface area contributed by atoms with E-state index in [4.69, 9.17) is 41.2 Å². The molecular weight excluding hydrogens is 475 g/mol. The van der Waals surface area contributed by atoms with Gasteiger partial charge in [0.15, 0.2) is 5.78 Å². The van der Waals surface area contributed by atoms with Gasteiger partial charge < -0.3 is 28.2 Å². The van der Waals surface area contributed by atoms with Crippen LogP contribution in [-0.2, 0) is 19.2 Å². The summed E-state index contributed by atoms with van der Waals surface area (Å²) in [6, 6.07) is -0.443. The summed E-state index contributed by atoms with van der Waals surface area (Å²) in [5.41, 5.74) is 11.0. The van der Waals surface area contributed by atoms with Gasteiger partial charge in [-0.3, -0.25) is 19.2 Å². The summed E-state index contributed by atoms with van der Waals surface area (Å²) in [6.45, 7) is 5.80. The van der Waals surface area contributed by atoms with Crippen LogP contribution in [-0.4, -0.2) is 51.6 Å². The molecule has 0 amide bonds. The van der Waals surface area contributed by atoms with E-state index in [-0.39, 0.29) is 43.3 Å². The maximum Gasteiger partial charge on any atom is 1.00 e. The van der Waals surface area contributed by atoms with E-state index in [1.54, 1.807) is 0 Å². The van der Waals surface area contributed by atoms with Gasteiger partial charge in [0.1, 0.15) is 0 Å². The fourth-order valence-electron chi connectivity index (χ4n) is 2.99. The second-order valence-corrected chi connectivity index (χ2v) is 8.57. The standard InChI is InChI=1S/C20H42N2O.3C2H4O2.Na.H/c1-2-3-4-5-6-7-8-9-10-11-12-13-14-15-16-17-20(23)19(22)18-21;3*1-2(3)4;;/h19H,2-18,21-22H2,1H3;3*1H3,(H,3,4);;/q;;;;+1;-1. The Kier molecular flexibility index (Phi) is 48.1. The zero-order valence-electron chi connectivity index (χ0n) is 24.7. The molecule has 1 atom stereocenters. The first-order valence-electron chi connectivity index (χ1n) is 13.0. The van der Waals surface area contributed by atoms with E-state index in [0.29, 0.717) is 6.42 Å². The fourth-order valence-corrected chi connectivity index (χ4v) is 2.99. The largest absolute Gasteiger partial charge is 1.00 e. The van der Waals surface area contributed by atoms with Crippen molar-refractivity contribution in [3.05, 3.63) is 0 Å². The molecule has 0 bridgehead atoms. The average molecular weight is 531 g/mol. The van der Waals surface area contributed by atoms with E-state index in [1.807, 2.05) is 0 Å². The van der Waals surface area contributed by atoms with Crippen LogP contribution in [0.2, 0.25) is 0 Å². The summed E-state index contributed by atoms with van der Waals surface area (Å²) >= 11 is 0. The number of Topliss-reactive ketones (excluding diaryl/α,β-unsaturated/α-hetero) is 1. The molecule has 0 aromatic rings. The van der Waals surface area contributed by atoms with E-state index < -0.39 is 23.9 Å². The number of aliphatic carboxylic acids is 3. The van der Waals surface area contributed by atoms with Crippen molar-refractivity contribution in [3.8, 4) is 0 Å². The summed E-state index contributed by atoms with van der Waals surface area (Å²) in [7, 11) is 0. The molecule has 0 spiro atoms. The van der Waals surface area contributed by atoms with Crippen molar-refractivity contribution in [2.45, 2.75) is 136 Å². The first-order chi connectivity index (χ1) is 16.4. The Morgan fingerprint density at radius 2 is 0.833 bits per heavy atom. The van der Waals surface area contributed by atoms with Gasteiger partial charge in [0.25, 0.3) is 17.9 Å². The van der Waals surface area contributed by atoms with Crippen LogP contribution in [0, 0.1) is 0 Å². The number of carboxylic acids is 3. The second-order valence-electron chi connectivity index (χ2n) is 8.57. The smallest absolute Gasteiger partial charge is 1.00 e. The van der Waals surface area contributed by atoms with Crippen LogP contribution in [0.1, 0.15) is 132 Å². The van der Waals surface area contributed by atoms with E-state index in [9.17, 15) is 4.79 Å². The van der Waals surface area contributed by atoms with Gasteiger partial charge in [-0.25, -0.2) is 0 Å². The van der Waals surface area contributed by atoms with Gasteiger partial charge in [-0.2, -0.15) is 0 Å². The van der Waals surface area contributed by atoms with Gasteiger partial charge in [-0.05, 0) is 6.42 Å². The monoisotopic (exact) mass is 530 g/mol. The number of hydrogen-bond donors (Lipinski definition) is 5. The molecule has 0 fully saturated rings. The quantitative estimate of drug-likeness (QED) is 0.131. The Labute approximate surface area is 242 Å². The maximum atomic E-state index is 11.5. The van der Waals surface area contributed by atoms with Crippen LogP contribution in [0.15, 0.2) is 0 Å². The fraction of sp³-hybridized carbons (Fsp3) is 0.846. The van der Waals surface area contributed by atoms with Crippen molar-refractivity contribution < 1.29 is 65.5 Å². The molecule has 0 aliphatic rings. The topological polar surface area (TPSA) is 181 Å². The van der Waals surface area contributed by atoms with Gasteiger partial charge in [0.05, 0.1) is 6.04 Å². The summed E-state index contributed by atoms with van der Waals surface area (Å²) < 4.78 is 0. The first kappa shape index (κ1) is 45.0. The molecule has 0 rings (SSSR count). The number of carbonyl (C=O) groups is 4. The molecule has 9 nitrogen and oxygen atoms in total. The van der Waals surface area contributed by atoms with Crippen LogP contribution < -0.4 is 41.0 Å². The van der Waals surface area contributed by atoms with Gasteiger partial charge in [0.2, 0.25) is 0 Å². The van der Waals surface area contributed by atoms with Crippen molar-refractivity contribution in [2.75, 3.05) is 6.54 Å². The number of hydrogen-bond acceptors (Lipinski definition) is 6. The van der Waals surface area contributed by atoms with Crippen molar-refractivity contribution in [1.29, 1.82) is 0 Å². The Morgan fingerprint density at radius 3 is 1.06 bits per heavy atom. The van der Waals surface area contributed by atoms with Crippen LogP contribution >= 0.6 is 0 Å². The zero-order chi connectivity index (χ0) is 27.9. The molecule has 0 aromatic carbocycles. The third-order valence-corrected chi connectivity index (χ3v) is 4.69. The van der Waals surface area contributed by atoms with Crippen molar-refractivity contribution in [3.63, 3.8) is 0 Å². The number of unbranched alkanes of at least 4 members (excludes halogenated alkanes) is 14. The number of carboxylic acid groups (broad SMARTS) is 3. The molecule has 0 heterocycles. The molecule has 0 saturated carbocycles. The first-order valence-corrected chi connectivity index (χ1v) is 13.0. The second kappa shape index (κ2) is 38.5. The average Bonchev–Trinajstić information content (AvgIpc) is 2.74. The summed E-state index contributed by atoms with van der Waals surface area (Å²) in [5.74, 6) is -2.37. The molecule has 36 heavy (non-hydrogen) atoms. The minimum absolute atomic E-state index is 0. The zero-order valence-corrected chi connectivity index (χ0v) is 25.7. The van der Waals surface area contributed by atoms with E-state index in [1.165, 1.54) is 83.5 Å². The number of ketones is 1. The molecular formula is C26H55N2NaO7. The van der Waals surface area contributed by atoms with E-state index in [0.717, 1.165) is 33.6 Å². The Balaban J connectivity index is -0.000000143. The Hall–Kier alpha value is -1.000. The summed E-state index contributed by atoms with van der Waals surface area (Å²) in [5, 5.41) is 22.2. The normalized spacial score (nSPS) is 10.1. The van der Waals surface area contributed by atoms with Crippen molar-refractivity contribution >= 4 is 23.7 Å². The van der Waals surface area contributed by atoms with Gasteiger partial charge >= 0.3 is 29.6 Å². The number of carbonyl (C=O) groups excluding carboxylic acids is 1. The molecule has 0 aromatic heterocycles. The predicted octanol–water partition coefficient (Wildman–Crippen LogP) is 2.49. The minimum Gasteiger partial charge on any atom is -1.00 e. The predicted molar refractivity (Wildman–Crippen MR) is 143 cm³/mol. The Morgan fingerprint density at radius 1 is 0.611 bits per heavy atom.